The zero-order chi connectivity index (χ0) is 19.5. The normalized spacial score (nSPS) is 15.8. The van der Waals surface area contributed by atoms with Gasteiger partial charge in [0.2, 0.25) is 0 Å². The van der Waals surface area contributed by atoms with Crippen LogP contribution in [0.3, 0.4) is 0 Å². The summed E-state index contributed by atoms with van der Waals surface area (Å²) in [5, 5.41) is 5.01. The van der Waals surface area contributed by atoms with Crippen molar-refractivity contribution in [2.75, 3.05) is 20.2 Å². The number of aromatic nitrogens is 2. The molecule has 0 atom stereocenters. The molecule has 0 amide bonds. The second-order valence-electron chi connectivity index (χ2n) is 7.81. The number of likely N-dealkylation sites (tertiary alicyclic amines) is 1. The Morgan fingerprint density at radius 3 is 2.50 bits per heavy atom. The molecule has 1 saturated heterocycles. The van der Waals surface area contributed by atoms with Gasteiger partial charge in [-0.3, -0.25) is 4.90 Å². The van der Waals surface area contributed by atoms with Crippen molar-refractivity contribution < 1.29 is 4.74 Å². The molecule has 28 heavy (non-hydrogen) atoms. The first-order valence-corrected chi connectivity index (χ1v) is 10.1. The van der Waals surface area contributed by atoms with E-state index < -0.39 is 0 Å². The predicted octanol–water partition coefficient (Wildman–Crippen LogP) is 4.77. The van der Waals surface area contributed by atoms with Gasteiger partial charge in [-0.25, -0.2) is 4.68 Å². The summed E-state index contributed by atoms with van der Waals surface area (Å²) in [5.41, 5.74) is 7.17. The molecule has 0 unspecified atom stereocenters. The minimum atomic E-state index is 0.405. The van der Waals surface area contributed by atoms with E-state index in [0.717, 1.165) is 43.9 Å². The Kier molecular flexibility index (Phi) is 5.60. The third kappa shape index (κ3) is 4.03. The fourth-order valence-corrected chi connectivity index (χ4v) is 4.00. The van der Waals surface area contributed by atoms with E-state index in [9.17, 15) is 0 Å². The summed E-state index contributed by atoms with van der Waals surface area (Å²) < 4.78 is 7.58. The van der Waals surface area contributed by atoms with Crippen molar-refractivity contribution in [3.63, 3.8) is 0 Å². The third-order valence-corrected chi connectivity index (χ3v) is 5.71. The largest absolute Gasteiger partial charge is 0.381 e. The molecule has 3 aromatic rings. The van der Waals surface area contributed by atoms with Gasteiger partial charge in [0, 0.05) is 44.1 Å². The maximum atomic E-state index is 5.53. The van der Waals surface area contributed by atoms with Crippen molar-refractivity contribution in [2.24, 2.45) is 0 Å². The Morgan fingerprint density at radius 2 is 1.79 bits per heavy atom. The van der Waals surface area contributed by atoms with Crippen LogP contribution >= 0.6 is 0 Å². The summed E-state index contributed by atoms with van der Waals surface area (Å²) in [6, 6.07) is 17.1. The molecular weight excluding hydrogens is 346 g/mol. The summed E-state index contributed by atoms with van der Waals surface area (Å²) in [4.78, 5) is 2.52. The lowest BCUT2D eigenvalue weighted by Gasteiger charge is -2.31. The average molecular weight is 376 g/mol. The van der Waals surface area contributed by atoms with Gasteiger partial charge in [0.25, 0.3) is 0 Å². The molecule has 0 radical (unpaired) electrons. The van der Waals surface area contributed by atoms with Crippen molar-refractivity contribution in [3.8, 4) is 16.9 Å². The first kappa shape index (κ1) is 18.9. The highest BCUT2D eigenvalue weighted by Crippen LogP contribution is 2.27. The van der Waals surface area contributed by atoms with Gasteiger partial charge in [-0.1, -0.05) is 42.5 Å². The van der Waals surface area contributed by atoms with Crippen molar-refractivity contribution in [3.05, 3.63) is 71.4 Å². The monoisotopic (exact) mass is 375 g/mol. The Labute approximate surface area is 167 Å². The molecule has 0 N–H and O–H groups in total. The second kappa shape index (κ2) is 8.29. The van der Waals surface area contributed by atoms with Gasteiger partial charge in [0.15, 0.2) is 0 Å². The number of hydrogen-bond acceptors (Lipinski definition) is 3. The van der Waals surface area contributed by atoms with Gasteiger partial charge in [-0.15, -0.1) is 0 Å². The highest BCUT2D eigenvalue weighted by Gasteiger charge is 2.21. The molecular formula is C24H29N3O. The third-order valence-electron chi connectivity index (χ3n) is 5.71. The molecule has 2 aromatic carbocycles. The minimum Gasteiger partial charge on any atom is -0.381 e. The zero-order valence-corrected chi connectivity index (χ0v) is 17.1. The van der Waals surface area contributed by atoms with Crippen LogP contribution in [-0.2, 0) is 11.3 Å². The van der Waals surface area contributed by atoms with Crippen molar-refractivity contribution in [1.82, 2.24) is 14.7 Å². The van der Waals surface area contributed by atoms with Crippen LogP contribution in [-0.4, -0.2) is 41.0 Å². The maximum Gasteiger partial charge on any atom is 0.0972 e. The number of methoxy groups -OCH3 is 1. The average Bonchev–Trinajstić information content (AvgIpc) is 3.14. The molecule has 1 aliphatic heterocycles. The molecule has 4 rings (SSSR count). The van der Waals surface area contributed by atoms with Crippen molar-refractivity contribution in [2.45, 2.75) is 39.3 Å². The minimum absolute atomic E-state index is 0.405. The molecule has 0 aliphatic carbocycles. The van der Waals surface area contributed by atoms with Crippen LogP contribution in [0, 0.1) is 13.8 Å². The van der Waals surface area contributed by atoms with Crippen LogP contribution in [0.1, 0.15) is 29.5 Å². The molecule has 4 heteroatoms. The lowest BCUT2D eigenvalue weighted by Crippen LogP contribution is -2.36. The van der Waals surface area contributed by atoms with Gasteiger partial charge < -0.3 is 4.74 Å². The van der Waals surface area contributed by atoms with Gasteiger partial charge in [-0.05, 0) is 43.9 Å². The second-order valence-corrected chi connectivity index (χ2v) is 7.81. The molecule has 1 fully saturated rings. The number of hydrogen-bond donors (Lipinski definition) is 0. The van der Waals surface area contributed by atoms with Crippen molar-refractivity contribution >= 4 is 0 Å². The first-order chi connectivity index (χ1) is 13.6. The lowest BCUT2D eigenvalue weighted by molar-refractivity contribution is 0.0389. The van der Waals surface area contributed by atoms with Crippen LogP contribution in [0.4, 0.5) is 0 Å². The Bertz CT molecular complexity index is 924. The SMILES string of the molecule is COC1CCN(Cc2cn(-c3cc(C)ccc3C)nc2-c2ccccc2)CC1. The Morgan fingerprint density at radius 1 is 1.04 bits per heavy atom. The van der Waals surface area contributed by atoms with Crippen molar-refractivity contribution in [1.29, 1.82) is 0 Å². The van der Waals surface area contributed by atoms with E-state index in [1.165, 1.54) is 22.3 Å². The van der Waals surface area contributed by atoms with Gasteiger partial charge in [-0.2, -0.15) is 5.10 Å². The van der Waals surface area contributed by atoms with Crippen LogP contribution < -0.4 is 0 Å². The number of benzene rings is 2. The van der Waals surface area contributed by atoms with Crippen LogP contribution in [0.2, 0.25) is 0 Å². The van der Waals surface area contributed by atoms with E-state index in [1.54, 1.807) is 0 Å². The number of aryl methyl sites for hydroxylation is 2. The van der Waals surface area contributed by atoms with Crippen LogP contribution in [0.15, 0.2) is 54.7 Å². The number of ether oxygens (including phenoxy) is 1. The van der Waals surface area contributed by atoms with E-state index in [4.69, 9.17) is 9.84 Å². The number of rotatable bonds is 5. The topological polar surface area (TPSA) is 30.3 Å². The summed E-state index contributed by atoms with van der Waals surface area (Å²) >= 11 is 0. The van der Waals surface area contributed by atoms with Crippen LogP contribution in [0.5, 0.6) is 0 Å². The molecule has 4 nitrogen and oxygen atoms in total. The number of nitrogens with zero attached hydrogens (tertiary/aromatic N) is 3. The first-order valence-electron chi connectivity index (χ1n) is 10.1. The predicted molar refractivity (Wildman–Crippen MR) is 114 cm³/mol. The zero-order valence-electron chi connectivity index (χ0n) is 17.1. The molecule has 1 aromatic heterocycles. The van der Waals surface area contributed by atoms with Crippen LogP contribution in [0.25, 0.3) is 16.9 Å². The summed E-state index contributed by atoms with van der Waals surface area (Å²) in [6.07, 6.45) is 4.82. The maximum absolute atomic E-state index is 5.53. The van der Waals surface area contributed by atoms with E-state index in [2.05, 4.69) is 78.2 Å². The Balaban J connectivity index is 1.68. The summed E-state index contributed by atoms with van der Waals surface area (Å²) in [5.74, 6) is 0. The van der Waals surface area contributed by atoms with Gasteiger partial charge in [0.05, 0.1) is 17.5 Å². The molecule has 2 heterocycles. The van der Waals surface area contributed by atoms with E-state index in [-0.39, 0.29) is 0 Å². The molecule has 146 valence electrons. The highest BCUT2D eigenvalue weighted by molar-refractivity contribution is 5.63. The van der Waals surface area contributed by atoms with Gasteiger partial charge in [0.1, 0.15) is 0 Å². The fourth-order valence-electron chi connectivity index (χ4n) is 4.00. The smallest absolute Gasteiger partial charge is 0.0972 e. The standard InChI is InChI=1S/C24H29N3O/c1-18-9-10-19(2)23(15-18)27-17-21(16-26-13-11-22(28-3)12-14-26)24(25-27)20-7-5-4-6-8-20/h4-10,15,17,22H,11-14,16H2,1-3H3. The highest BCUT2D eigenvalue weighted by atomic mass is 16.5. The van der Waals surface area contributed by atoms with E-state index in [0.29, 0.717) is 6.10 Å². The number of piperidine rings is 1. The summed E-state index contributed by atoms with van der Waals surface area (Å²) in [7, 11) is 1.82. The fraction of sp³-hybridized carbons (Fsp3) is 0.375. The Hall–Kier alpha value is -2.43. The molecule has 0 bridgehead atoms. The van der Waals surface area contributed by atoms with Gasteiger partial charge >= 0.3 is 0 Å². The van der Waals surface area contributed by atoms with E-state index >= 15 is 0 Å². The lowest BCUT2D eigenvalue weighted by atomic mass is 10.0. The molecule has 0 spiro atoms. The van der Waals surface area contributed by atoms with E-state index in [1.807, 2.05) is 7.11 Å². The quantitative estimate of drug-likeness (QED) is 0.644. The molecule has 0 saturated carbocycles. The molecule has 1 aliphatic rings. The summed E-state index contributed by atoms with van der Waals surface area (Å²) in [6.45, 7) is 7.34.